The predicted molar refractivity (Wildman–Crippen MR) is 78.2 cm³/mol. The molecule has 2 rings (SSSR count). The molecule has 2 N–H and O–H groups in total. The summed E-state index contributed by atoms with van der Waals surface area (Å²) in [5.41, 5.74) is 0. The molecule has 106 valence electrons. The lowest BCUT2D eigenvalue weighted by Gasteiger charge is -2.12. The van der Waals surface area contributed by atoms with Crippen LogP contribution in [-0.4, -0.2) is 31.6 Å². The molecule has 19 heavy (non-hydrogen) atoms. The zero-order valence-corrected chi connectivity index (χ0v) is 12.1. The molecule has 0 bridgehead atoms. The van der Waals surface area contributed by atoms with Crippen LogP contribution in [0.25, 0.3) is 0 Å². The van der Waals surface area contributed by atoms with Gasteiger partial charge in [-0.25, -0.2) is 0 Å². The molecular weight excluding hydrogens is 287 g/mol. The van der Waals surface area contributed by atoms with Gasteiger partial charge in [0.2, 0.25) is 0 Å². The van der Waals surface area contributed by atoms with Gasteiger partial charge in [0.1, 0.15) is 5.75 Å². The van der Waals surface area contributed by atoms with Crippen LogP contribution in [0.5, 0.6) is 5.75 Å². The van der Waals surface area contributed by atoms with Crippen molar-refractivity contribution in [2.45, 2.75) is 18.9 Å². The fourth-order valence-electron chi connectivity index (χ4n) is 1.90. The Hall–Kier alpha value is -0.970. The van der Waals surface area contributed by atoms with Gasteiger partial charge in [-0.1, -0.05) is 11.6 Å². The normalized spacial score (nSPS) is 17.6. The van der Waals surface area contributed by atoms with Crippen molar-refractivity contribution in [2.24, 2.45) is 0 Å². The minimum absolute atomic E-state index is 0. The molecule has 1 atom stereocenters. The van der Waals surface area contributed by atoms with E-state index in [-0.39, 0.29) is 24.9 Å². The lowest BCUT2D eigenvalue weighted by molar-refractivity contribution is -0.123. The monoisotopic (exact) mass is 304 g/mol. The van der Waals surface area contributed by atoms with Gasteiger partial charge in [-0.15, -0.1) is 12.4 Å². The average molecular weight is 305 g/mol. The molecule has 1 fully saturated rings. The molecule has 1 unspecified atom stereocenters. The van der Waals surface area contributed by atoms with Crippen molar-refractivity contribution in [3.8, 4) is 5.75 Å². The van der Waals surface area contributed by atoms with Gasteiger partial charge in [0.05, 0.1) is 0 Å². The Kier molecular flexibility index (Phi) is 6.99. The number of halogens is 2. The number of carbonyl (C=O) groups excluding carboxylic acids is 1. The third-order valence-electron chi connectivity index (χ3n) is 2.89. The number of nitrogens with one attached hydrogen (secondary N) is 2. The van der Waals surface area contributed by atoms with Crippen LogP contribution in [0.4, 0.5) is 0 Å². The zero-order valence-electron chi connectivity index (χ0n) is 10.5. The first-order valence-corrected chi connectivity index (χ1v) is 6.50. The van der Waals surface area contributed by atoms with Gasteiger partial charge < -0.3 is 15.4 Å². The highest BCUT2D eigenvalue weighted by molar-refractivity contribution is 6.30. The summed E-state index contributed by atoms with van der Waals surface area (Å²) in [4.78, 5) is 11.6. The first-order valence-electron chi connectivity index (χ1n) is 6.12. The molecule has 0 aliphatic carbocycles. The summed E-state index contributed by atoms with van der Waals surface area (Å²) in [5, 5.41) is 6.83. The molecule has 4 nitrogen and oxygen atoms in total. The number of amides is 1. The fourth-order valence-corrected chi connectivity index (χ4v) is 2.02. The summed E-state index contributed by atoms with van der Waals surface area (Å²) >= 11 is 5.75. The second kappa shape index (κ2) is 8.25. The molecule has 1 aromatic rings. The summed E-state index contributed by atoms with van der Waals surface area (Å²) in [6.45, 7) is 1.75. The molecule has 1 saturated heterocycles. The van der Waals surface area contributed by atoms with Crippen LogP contribution >= 0.6 is 24.0 Å². The summed E-state index contributed by atoms with van der Waals surface area (Å²) in [5.74, 6) is 0.548. The molecule has 1 aromatic carbocycles. The van der Waals surface area contributed by atoms with Crippen LogP contribution in [0.15, 0.2) is 24.3 Å². The maximum atomic E-state index is 11.6. The molecule has 1 aliphatic rings. The van der Waals surface area contributed by atoms with Crippen LogP contribution in [0, 0.1) is 0 Å². The second-order valence-electron chi connectivity index (χ2n) is 4.34. The SMILES string of the molecule is Cl.O=C(COc1ccc(Cl)cc1)NCC1CCCN1. The van der Waals surface area contributed by atoms with E-state index in [0.717, 1.165) is 13.0 Å². The molecule has 1 heterocycles. The number of hydrogen-bond acceptors (Lipinski definition) is 3. The van der Waals surface area contributed by atoms with Gasteiger partial charge in [-0.3, -0.25) is 4.79 Å². The zero-order chi connectivity index (χ0) is 12.8. The largest absolute Gasteiger partial charge is 0.484 e. The van der Waals surface area contributed by atoms with Crippen LogP contribution in [0.1, 0.15) is 12.8 Å². The van der Waals surface area contributed by atoms with Crippen molar-refractivity contribution in [2.75, 3.05) is 19.7 Å². The third kappa shape index (κ3) is 5.68. The maximum Gasteiger partial charge on any atom is 0.257 e. The number of ether oxygens (including phenoxy) is 1. The summed E-state index contributed by atoms with van der Waals surface area (Å²) < 4.78 is 5.35. The Morgan fingerprint density at radius 2 is 2.16 bits per heavy atom. The topological polar surface area (TPSA) is 50.4 Å². The van der Waals surface area contributed by atoms with E-state index >= 15 is 0 Å². The standard InChI is InChI=1S/C13H17ClN2O2.ClH/c14-10-3-5-12(6-4-10)18-9-13(17)16-8-11-2-1-7-15-11;/h3-6,11,15H,1-2,7-9H2,(H,16,17);1H. The number of carbonyl (C=O) groups is 1. The van der Waals surface area contributed by atoms with E-state index in [1.807, 2.05) is 0 Å². The lowest BCUT2D eigenvalue weighted by Crippen LogP contribution is -2.39. The van der Waals surface area contributed by atoms with Crippen LogP contribution in [0.2, 0.25) is 5.02 Å². The van der Waals surface area contributed by atoms with E-state index in [9.17, 15) is 4.79 Å². The van der Waals surface area contributed by atoms with Gasteiger partial charge in [0.15, 0.2) is 6.61 Å². The molecule has 0 spiro atoms. The average Bonchev–Trinajstić information content (AvgIpc) is 2.89. The minimum Gasteiger partial charge on any atom is -0.484 e. The molecule has 0 aromatic heterocycles. The first-order chi connectivity index (χ1) is 8.74. The highest BCUT2D eigenvalue weighted by Gasteiger charge is 2.14. The molecule has 6 heteroatoms. The summed E-state index contributed by atoms with van der Waals surface area (Å²) in [7, 11) is 0. The van der Waals surface area contributed by atoms with E-state index in [1.165, 1.54) is 6.42 Å². The molecule has 1 aliphatic heterocycles. The highest BCUT2D eigenvalue weighted by atomic mass is 35.5. The van der Waals surface area contributed by atoms with E-state index in [0.29, 0.717) is 23.4 Å². The Morgan fingerprint density at radius 3 is 2.79 bits per heavy atom. The summed E-state index contributed by atoms with van der Waals surface area (Å²) in [6.07, 6.45) is 2.31. The fraction of sp³-hybridized carbons (Fsp3) is 0.462. The van der Waals surface area contributed by atoms with E-state index in [1.54, 1.807) is 24.3 Å². The highest BCUT2D eigenvalue weighted by Crippen LogP contribution is 2.15. The van der Waals surface area contributed by atoms with Crippen molar-refractivity contribution in [1.29, 1.82) is 0 Å². The van der Waals surface area contributed by atoms with E-state index < -0.39 is 0 Å². The Morgan fingerprint density at radius 1 is 1.42 bits per heavy atom. The predicted octanol–water partition coefficient (Wildman–Crippen LogP) is 2.01. The summed E-state index contributed by atoms with van der Waals surface area (Å²) in [6, 6.07) is 7.36. The molecule has 0 radical (unpaired) electrons. The van der Waals surface area contributed by atoms with Crippen molar-refractivity contribution in [3.05, 3.63) is 29.3 Å². The number of rotatable bonds is 5. The van der Waals surface area contributed by atoms with Gasteiger partial charge in [-0.05, 0) is 43.7 Å². The Bertz CT molecular complexity index is 392. The number of benzene rings is 1. The third-order valence-corrected chi connectivity index (χ3v) is 3.14. The van der Waals surface area contributed by atoms with Crippen molar-refractivity contribution in [3.63, 3.8) is 0 Å². The Labute approximate surface area is 124 Å². The van der Waals surface area contributed by atoms with Gasteiger partial charge >= 0.3 is 0 Å². The minimum atomic E-state index is -0.0985. The van der Waals surface area contributed by atoms with E-state index in [4.69, 9.17) is 16.3 Å². The van der Waals surface area contributed by atoms with Crippen LogP contribution in [0.3, 0.4) is 0 Å². The lowest BCUT2D eigenvalue weighted by atomic mass is 10.2. The molecule has 1 amide bonds. The van der Waals surface area contributed by atoms with Gasteiger partial charge in [0, 0.05) is 17.6 Å². The molecule has 0 saturated carbocycles. The maximum absolute atomic E-state index is 11.6. The van der Waals surface area contributed by atoms with Crippen LogP contribution in [-0.2, 0) is 4.79 Å². The number of hydrogen-bond donors (Lipinski definition) is 2. The quantitative estimate of drug-likeness (QED) is 0.875. The van der Waals surface area contributed by atoms with E-state index in [2.05, 4.69) is 10.6 Å². The van der Waals surface area contributed by atoms with Gasteiger partial charge in [-0.2, -0.15) is 0 Å². The second-order valence-corrected chi connectivity index (χ2v) is 4.78. The van der Waals surface area contributed by atoms with Gasteiger partial charge in [0.25, 0.3) is 5.91 Å². The Balaban J connectivity index is 0.00000180. The first kappa shape index (κ1) is 16.1. The smallest absolute Gasteiger partial charge is 0.257 e. The van der Waals surface area contributed by atoms with Crippen molar-refractivity contribution in [1.82, 2.24) is 10.6 Å². The molecular formula is C13H18Cl2N2O2. The van der Waals surface area contributed by atoms with Crippen molar-refractivity contribution >= 4 is 29.9 Å². The van der Waals surface area contributed by atoms with Crippen LogP contribution < -0.4 is 15.4 Å². The van der Waals surface area contributed by atoms with Crippen molar-refractivity contribution < 1.29 is 9.53 Å².